The third-order valence-electron chi connectivity index (χ3n) is 16.4. The van der Waals surface area contributed by atoms with Gasteiger partial charge >= 0.3 is 11.9 Å². The predicted molar refractivity (Wildman–Crippen MR) is 196 cm³/mol. The number of hydrogen-bond donors (Lipinski definition) is 3. The second-order valence-corrected chi connectivity index (χ2v) is 20.1. The number of ether oxygens (including phenoxy) is 1. The zero-order chi connectivity index (χ0) is 35.6. The van der Waals surface area contributed by atoms with Gasteiger partial charge in [-0.2, -0.15) is 0 Å². The van der Waals surface area contributed by atoms with Crippen molar-refractivity contribution in [1.29, 1.82) is 0 Å². The lowest BCUT2D eigenvalue weighted by atomic mass is 9.37. The molecule has 0 aromatic heterocycles. The summed E-state index contributed by atoms with van der Waals surface area (Å²) in [6, 6.07) is 0. The van der Waals surface area contributed by atoms with Crippen molar-refractivity contribution in [2.75, 3.05) is 13.1 Å². The number of aliphatic hydroxyl groups is 1. The van der Waals surface area contributed by atoms with Crippen LogP contribution in [0.4, 0.5) is 0 Å². The molecule has 5 saturated carbocycles. The molecule has 0 radical (unpaired) electrons. The Bertz CT molecular complexity index is 1280. The standard InChI is InChI=1S/C43H71NO5/c1-27(2)29-18-21-43(34(45)26-44-25-28-12-10-9-11-13-28)23-22-41(7)30-16-17-33-40(5,6)35(49-36(46)24-39(3,4)38(47)48)19-20-42(33,8)31(30)14-15-32(41)37(29)43/h27-28,30-35,44-45H,9-26H2,1-8H3,(H,47,48)/t30-,31?,32-,33?,34-,35+,41+,42-,43-/m1/s1. The minimum absolute atomic E-state index is 0.0591. The molecule has 0 aromatic rings. The quantitative estimate of drug-likeness (QED) is 0.157. The maximum Gasteiger partial charge on any atom is 0.309 e. The fourth-order valence-corrected chi connectivity index (χ4v) is 13.5. The topological polar surface area (TPSA) is 95.9 Å². The molecule has 0 aromatic carbocycles. The predicted octanol–water partition coefficient (Wildman–Crippen LogP) is 9.34. The zero-order valence-electron chi connectivity index (χ0n) is 32.5. The van der Waals surface area contributed by atoms with Gasteiger partial charge < -0.3 is 20.3 Å². The fraction of sp³-hybridized carbons (Fsp3) is 0.907. The van der Waals surface area contributed by atoms with Gasteiger partial charge in [0.2, 0.25) is 0 Å². The molecule has 5 fully saturated rings. The van der Waals surface area contributed by atoms with E-state index < -0.39 is 11.4 Å². The summed E-state index contributed by atoms with van der Waals surface area (Å²) < 4.78 is 6.17. The van der Waals surface area contributed by atoms with Crippen LogP contribution in [0.3, 0.4) is 0 Å². The highest BCUT2D eigenvalue weighted by atomic mass is 16.5. The summed E-state index contributed by atoms with van der Waals surface area (Å²) in [5, 5.41) is 25.5. The highest BCUT2D eigenvalue weighted by Gasteiger charge is 2.66. The Morgan fingerprint density at radius 1 is 0.878 bits per heavy atom. The second kappa shape index (κ2) is 13.5. The number of esters is 1. The van der Waals surface area contributed by atoms with E-state index >= 15 is 0 Å². The number of hydrogen-bond acceptors (Lipinski definition) is 5. The molecule has 6 nitrogen and oxygen atoms in total. The zero-order valence-corrected chi connectivity index (χ0v) is 32.5. The first-order valence-electron chi connectivity index (χ1n) is 20.5. The van der Waals surface area contributed by atoms with Crippen molar-refractivity contribution >= 4 is 11.9 Å². The molecule has 278 valence electrons. The minimum Gasteiger partial charge on any atom is -0.481 e. The van der Waals surface area contributed by atoms with Crippen molar-refractivity contribution in [3.63, 3.8) is 0 Å². The molecule has 0 bridgehead atoms. The molecule has 0 heterocycles. The van der Waals surface area contributed by atoms with Crippen molar-refractivity contribution in [3.8, 4) is 0 Å². The molecule has 49 heavy (non-hydrogen) atoms. The first-order valence-corrected chi connectivity index (χ1v) is 20.5. The maximum absolute atomic E-state index is 13.0. The van der Waals surface area contributed by atoms with Crippen LogP contribution in [0.15, 0.2) is 11.1 Å². The van der Waals surface area contributed by atoms with Gasteiger partial charge in [0.1, 0.15) is 6.10 Å². The number of carbonyl (C=O) groups excluding carboxylic acids is 1. The number of rotatable bonds is 10. The smallest absolute Gasteiger partial charge is 0.309 e. The Hall–Kier alpha value is -1.40. The SMILES string of the molecule is CC(C)C1=C2[C@H]3CCC4[C@@H](CCC5C(C)(C)[C@@H](OC(=O)CC(C)(C)C(=O)O)CC[C@]45C)[C@]3(C)CC[C@@]2([C@H](O)CNCC2CCCCC2)CC1. The van der Waals surface area contributed by atoms with E-state index in [0.717, 1.165) is 57.5 Å². The van der Waals surface area contributed by atoms with E-state index in [1.54, 1.807) is 25.0 Å². The fourth-order valence-electron chi connectivity index (χ4n) is 13.5. The van der Waals surface area contributed by atoms with Crippen LogP contribution in [0.5, 0.6) is 0 Å². The first-order chi connectivity index (χ1) is 23.0. The summed E-state index contributed by atoms with van der Waals surface area (Å²) in [7, 11) is 0. The molecule has 6 rings (SSSR count). The van der Waals surface area contributed by atoms with Crippen LogP contribution in [-0.4, -0.2) is 47.4 Å². The summed E-state index contributed by atoms with van der Waals surface area (Å²) in [5.74, 6) is 2.35. The van der Waals surface area contributed by atoms with Gasteiger partial charge in [0, 0.05) is 17.4 Å². The van der Waals surface area contributed by atoms with Crippen LogP contribution in [0, 0.1) is 62.6 Å². The van der Waals surface area contributed by atoms with E-state index in [4.69, 9.17) is 4.74 Å². The van der Waals surface area contributed by atoms with E-state index in [2.05, 4.69) is 46.9 Å². The molecule has 3 N–H and O–H groups in total. The van der Waals surface area contributed by atoms with Crippen molar-refractivity contribution < 1.29 is 24.5 Å². The molecule has 6 heteroatoms. The number of allylic oxidation sites excluding steroid dienone is 1. The molecule has 6 aliphatic rings. The molecule has 6 aliphatic carbocycles. The lowest BCUT2D eigenvalue weighted by Crippen LogP contribution is -2.62. The van der Waals surface area contributed by atoms with Crippen LogP contribution in [0.2, 0.25) is 0 Å². The second-order valence-electron chi connectivity index (χ2n) is 20.1. The number of carboxylic acid groups (broad SMARTS) is 1. The maximum atomic E-state index is 13.0. The highest BCUT2D eigenvalue weighted by Crippen LogP contribution is 2.73. The first kappa shape index (κ1) is 37.4. The molecular weight excluding hydrogens is 610 g/mol. The molecule has 0 spiro atoms. The van der Waals surface area contributed by atoms with Gasteiger partial charge in [-0.25, -0.2) is 0 Å². The molecule has 0 saturated heterocycles. The van der Waals surface area contributed by atoms with Gasteiger partial charge in [0.25, 0.3) is 0 Å². The molecule has 0 amide bonds. The summed E-state index contributed by atoms with van der Waals surface area (Å²) in [6.45, 7) is 19.7. The van der Waals surface area contributed by atoms with Crippen molar-refractivity contribution in [2.24, 2.45) is 62.6 Å². The molecule has 0 aliphatic heterocycles. The number of fused-ring (bicyclic) bond motifs is 7. The van der Waals surface area contributed by atoms with Crippen LogP contribution >= 0.6 is 0 Å². The van der Waals surface area contributed by atoms with Gasteiger partial charge in [0.05, 0.1) is 17.9 Å². The highest BCUT2D eigenvalue weighted by molar-refractivity contribution is 5.81. The third kappa shape index (κ3) is 6.37. The van der Waals surface area contributed by atoms with Crippen LogP contribution < -0.4 is 5.32 Å². The monoisotopic (exact) mass is 682 g/mol. The van der Waals surface area contributed by atoms with Gasteiger partial charge in [-0.3, -0.25) is 9.59 Å². The van der Waals surface area contributed by atoms with E-state index in [-0.39, 0.29) is 46.3 Å². The van der Waals surface area contributed by atoms with E-state index in [1.165, 1.54) is 57.8 Å². The Morgan fingerprint density at radius 3 is 2.22 bits per heavy atom. The summed E-state index contributed by atoms with van der Waals surface area (Å²) >= 11 is 0. The van der Waals surface area contributed by atoms with Crippen molar-refractivity contribution in [1.82, 2.24) is 5.32 Å². The van der Waals surface area contributed by atoms with Crippen molar-refractivity contribution in [3.05, 3.63) is 11.1 Å². The normalized spacial score (nSPS) is 39.8. The Kier molecular flexibility index (Phi) is 10.3. The van der Waals surface area contributed by atoms with Gasteiger partial charge in [-0.05, 0) is 144 Å². The molecular formula is C43H71NO5. The van der Waals surface area contributed by atoms with E-state index in [9.17, 15) is 19.8 Å². The van der Waals surface area contributed by atoms with Gasteiger partial charge in [-0.1, -0.05) is 72.0 Å². The third-order valence-corrected chi connectivity index (χ3v) is 16.4. The van der Waals surface area contributed by atoms with Gasteiger partial charge in [-0.15, -0.1) is 0 Å². The van der Waals surface area contributed by atoms with Gasteiger partial charge in [0.15, 0.2) is 0 Å². The largest absolute Gasteiger partial charge is 0.481 e. The Morgan fingerprint density at radius 2 is 1.55 bits per heavy atom. The number of carbonyl (C=O) groups is 2. The number of nitrogens with one attached hydrogen (secondary N) is 1. The summed E-state index contributed by atoms with van der Waals surface area (Å²) in [5.41, 5.74) is 2.49. The summed E-state index contributed by atoms with van der Waals surface area (Å²) in [6.07, 6.45) is 17.7. The lowest BCUT2D eigenvalue weighted by molar-refractivity contribution is -0.205. The van der Waals surface area contributed by atoms with E-state index in [1.807, 2.05) is 0 Å². The summed E-state index contributed by atoms with van der Waals surface area (Å²) in [4.78, 5) is 24.7. The van der Waals surface area contributed by atoms with E-state index in [0.29, 0.717) is 29.6 Å². The molecule has 9 atom stereocenters. The lowest BCUT2D eigenvalue weighted by Gasteiger charge is -2.68. The Balaban J connectivity index is 1.20. The average Bonchev–Trinajstić information content (AvgIpc) is 3.44. The number of aliphatic hydroxyl groups excluding tert-OH is 1. The van der Waals surface area contributed by atoms with Crippen LogP contribution in [0.25, 0.3) is 0 Å². The van der Waals surface area contributed by atoms with Crippen LogP contribution in [0.1, 0.15) is 158 Å². The number of aliphatic carboxylic acids is 1. The number of carboxylic acids is 1. The molecule has 2 unspecified atom stereocenters. The minimum atomic E-state index is -1.13. The Labute approximate surface area is 298 Å². The van der Waals surface area contributed by atoms with Crippen LogP contribution in [-0.2, 0) is 14.3 Å². The average molecular weight is 682 g/mol. The van der Waals surface area contributed by atoms with Crippen molar-refractivity contribution in [2.45, 2.75) is 170 Å².